The van der Waals surface area contributed by atoms with E-state index in [0.717, 1.165) is 0 Å². The zero-order valence-corrected chi connectivity index (χ0v) is 18.8. The van der Waals surface area contributed by atoms with Gasteiger partial charge < -0.3 is 47.7 Å². The third-order valence-corrected chi connectivity index (χ3v) is 4.74. The number of aliphatic carboxylic acids is 2. The molecule has 5 unspecified atom stereocenters. The van der Waals surface area contributed by atoms with Gasteiger partial charge in [-0.3, -0.25) is 24.0 Å². The van der Waals surface area contributed by atoms with Gasteiger partial charge in [0, 0.05) is 24.7 Å². The number of hydrogen-bond acceptors (Lipinski definition) is 9. The van der Waals surface area contributed by atoms with Crippen molar-refractivity contribution in [1.29, 1.82) is 0 Å². The number of H-pyrrole nitrogens is 1. The highest BCUT2D eigenvalue weighted by molar-refractivity contribution is 5.95. The molecule has 16 nitrogen and oxygen atoms in total. The molecule has 1 aromatic heterocycles. The summed E-state index contributed by atoms with van der Waals surface area (Å²) in [6.45, 7) is 1.22. The Kier molecular flexibility index (Phi) is 11.3. The molecule has 0 radical (unpaired) electrons. The first kappa shape index (κ1) is 29.0. The number of aliphatic hydroxyl groups excluding tert-OH is 1. The summed E-state index contributed by atoms with van der Waals surface area (Å²) in [4.78, 5) is 77.9. The second kappa shape index (κ2) is 13.6. The number of nitrogens with one attached hydrogen (secondary N) is 4. The average molecular weight is 499 g/mol. The van der Waals surface area contributed by atoms with Gasteiger partial charge in [0.1, 0.15) is 24.2 Å². The molecule has 0 aliphatic heterocycles. The average Bonchev–Trinajstić information content (AvgIpc) is 3.27. The quantitative estimate of drug-likeness (QED) is 0.112. The number of aliphatic hydroxyl groups is 1. The topological polar surface area (TPSA) is 280 Å². The van der Waals surface area contributed by atoms with Crippen LogP contribution in [0.2, 0.25) is 0 Å². The number of imidazole rings is 1. The first-order valence-electron chi connectivity index (χ1n) is 10.4. The van der Waals surface area contributed by atoms with Crippen LogP contribution < -0.4 is 27.4 Å². The van der Waals surface area contributed by atoms with E-state index >= 15 is 0 Å². The Morgan fingerprint density at radius 2 is 1.57 bits per heavy atom. The van der Waals surface area contributed by atoms with Crippen LogP contribution in [-0.2, 0) is 35.2 Å². The molecule has 0 saturated heterocycles. The Hall–Kier alpha value is -4.05. The summed E-state index contributed by atoms with van der Waals surface area (Å²) in [6, 6.07) is -6.07. The van der Waals surface area contributed by atoms with E-state index in [1.807, 2.05) is 0 Å². The van der Waals surface area contributed by atoms with Crippen molar-refractivity contribution in [2.75, 3.05) is 0 Å². The van der Waals surface area contributed by atoms with E-state index in [9.17, 15) is 39.0 Å². The van der Waals surface area contributed by atoms with Crippen molar-refractivity contribution < 1.29 is 44.1 Å². The van der Waals surface area contributed by atoms with E-state index in [-0.39, 0.29) is 19.3 Å². The molecule has 1 rings (SSSR count). The van der Waals surface area contributed by atoms with Gasteiger partial charge in [0.05, 0.1) is 18.9 Å². The Morgan fingerprint density at radius 1 is 1.00 bits per heavy atom. The number of hydrogen-bond donors (Lipinski definition) is 9. The summed E-state index contributed by atoms with van der Waals surface area (Å²) in [6.07, 6.45) is -0.382. The number of nitrogens with zero attached hydrogens (tertiary/aromatic N) is 1. The maximum absolute atomic E-state index is 12.8. The number of carbonyl (C=O) groups is 6. The molecule has 0 spiro atoms. The van der Waals surface area contributed by atoms with Crippen LogP contribution in [0.1, 0.15) is 31.9 Å². The van der Waals surface area contributed by atoms with Crippen molar-refractivity contribution in [3.8, 4) is 0 Å². The van der Waals surface area contributed by atoms with Gasteiger partial charge in [0.25, 0.3) is 0 Å². The number of carbonyl (C=O) groups excluding carboxylic acids is 4. The van der Waals surface area contributed by atoms with Crippen LogP contribution in [0.4, 0.5) is 0 Å². The van der Waals surface area contributed by atoms with Crippen LogP contribution in [0.3, 0.4) is 0 Å². The van der Waals surface area contributed by atoms with Gasteiger partial charge in [-0.15, -0.1) is 0 Å². The minimum absolute atomic E-state index is 0.208. The summed E-state index contributed by atoms with van der Waals surface area (Å²) in [7, 11) is 0. The number of amides is 4. The van der Waals surface area contributed by atoms with Crippen LogP contribution in [0.25, 0.3) is 0 Å². The molecular weight excluding hydrogens is 470 g/mol. The van der Waals surface area contributed by atoms with Crippen molar-refractivity contribution in [2.24, 2.45) is 11.5 Å². The fourth-order valence-corrected chi connectivity index (χ4v) is 2.79. The van der Waals surface area contributed by atoms with Crippen molar-refractivity contribution in [3.05, 3.63) is 18.2 Å². The number of rotatable bonds is 15. The van der Waals surface area contributed by atoms with Gasteiger partial charge in [-0.1, -0.05) is 0 Å². The molecule has 35 heavy (non-hydrogen) atoms. The van der Waals surface area contributed by atoms with E-state index in [1.165, 1.54) is 19.4 Å². The molecule has 0 bridgehead atoms. The predicted molar refractivity (Wildman–Crippen MR) is 116 cm³/mol. The second-order valence-corrected chi connectivity index (χ2v) is 7.67. The Bertz CT molecular complexity index is 920. The maximum Gasteiger partial charge on any atom is 0.326 e. The number of carboxylic acids is 2. The second-order valence-electron chi connectivity index (χ2n) is 7.67. The normalized spacial score (nSPS) is 15.1. The number of carboxylic acid groups (broad SMARTS) is 2. The zero-order valence-electron chi connectivity index (χ0n) is 18.8. The fourth-order valence-electron chi connectivity index (χ4n) is 2.79. The zero-order chi connectivity index (χ0) is 26.7. The smallest absolute Gasteiger partial charge is 0.326 e. The van der Waals surface area contributed by atoms with Gasteiger partial charge in [0.15, 0.2) is 0 Å². The Balaban J connectivity index is 3.08. The van der Waals surface area contributed by atoms with Crippen LogP contribution in [0.15, 0.2) is 12.5 Å². The van der Waals surface area contributed by atoms with Crippen molar-refractivity contribution in [3.63, 3.8) is 0 Å². The maximum atomic E-state index is 12.8. The van der Waals surface area contributed by atoms with Crippen molar-refractivity contribution in [1.82, 2.24) is 25.9 Å². The molecule has 16 heteroatoms. The summed E-state index contributed by atoms with van der Waals surface area (Å²) in [5.41, 5.74) is 10.9. The number of nitrogens with two attached hydrogens (primary N) is 2. The van der Waals surface area contributed by atoms with E-state index in [0.29, 0.717) is 5.69 Å². The van der Waals surface area contributed by atoms with Crippen molar-refractivity contribution >= 4 is 35.6 Å². The summed E-state index contributed by atoms with van der Waals surface area (Å²) in [5.74, 6) is -6.74. The van der Waals surface area contributed by atoms with Crippen LogP contribution in [0.5, 0.6) is 0 Å². The molecule has 11 N–H and O–H groups in total. The molecule has 0 fully saturated rings. The summed E-state index contributed by atoms with van der Waals surface area (Å²) < 4.78 is 0. The van der Waals surface area contributed by atoms with Gasteiger partial charge >= 0.3 is 11.9 Å². The molecule has 194 valence electrons. The predicted octanol–water partition coefficient (Wildman–Crippen LogP) is -4.06. The molecule has 4 amide bonds. The first-order chi connectivity index (χ1) is 16.3. The van der Waals surface area contributed by atoms with Gasteiger partial charge in [0.2, 0.25) is 23.6 Å². The highest BCUT2D eigenvalue weighted by Gasteiger charge is 2.32. The van der Waals surface area contributed by atoms with Gasteiger partial charge in [-0.05, 0) is 13.3 Å². The molecule has 0 aliphatic rings. The lowest BCUT2D eigenvalue weighted by molar-refractivity contribution is -0.143. The number of aromatic amines is 1. The molecule has 0 saturated carbocycles. The molecule has 0 aliphatic carbocycles. The summed E-state index contributed by atoms with van der Waals surface area (Å²) >= 11 is 0. The highest BCUT2D eigenvalue weighted by Crippen LogP contribution is 2.05. The Labute approximate surface area is 198 Å². The first-order valence-corrected chi connectivity index (χ1v) is 10.4. The standard InChI is InChI=1S/C19H29N7O9/c1-8(27)15(21)18(33)26-12(5-14(29)30)17(32)25-11(4-9-6-22-7-23-9)16(31)24-10(19(34)35)2-3-13(20)28/h6-8,10-12,15,27H,2-5,21H2,1H3,(H2,20,28)(H,22,23)(H,24,31)(H,25,32)(H,26,33)(H,29,30)(H,34,35). The Morgan fingerprint density at radius 3 is 2.06 bits per heavy atom. The van der Waals surface area contributed by atoms with Gasteiger partial charge in [-0.2, -0.15) is 0 Å². The fraction of sp³-hybridized carbons (Fsp3) is 0.526. The van der Waals surface area contributed by atoms with Crippen LogP contribution >= 0.6 is 0 Å². The minimum Gasteiger partial charge on any atom is -0.481 e. The lowest BCUT2D eigenvalue weighted by Crippen LogP contribution is -2.59. The number of primary amides is 1. The highest BCUT2D eigenvalue weighted by atomic mass is 16.4. The monoisotopic (exact) mass is 499 g/mol. The molecule has 0 aromatic carbocycles. The largest absolute Gasteiger partial charge is 0.481 e. The minimum atomic E-state index is -1.67. The SMILES string of the molecule is CC(O)C(N)C(=O)NC(CC(=O)O)C(=O)NC(Cc1cnc[nH]1)C(=O)NC(CCC(N)=O)C(=O)O. The lowest BCUT2D eigenvalue weighted by atomic mass is 10.1. The molecule has 5 atom stereocenters. The van der Waals surface area contributed by atoms with E-state index in [1.54, 1.807) is 0 Å². The molecule has 1 heterocycles. The van der Waals surface area contributed by atoms with Crippen LogP contribution in [-0.4, -0.2) is 91.1 Å². The van der Waals surface area contributed by atoms with Crippen molar-refractivity contribution in [2.45, 2.75) is 62.9 Å². The third kappa shape index (κ3) is 10.2. The van der Waals surface area contributed by atoms with E-state index in [4.69, 9.17) is 16.6 Å². The number of aromatic nitrogens is 2. The van der Waals surface area contributed by atoms with E-state index in [2.05, 4.69) is 25.9 Å². The van der Waals surface area contributed by atoms with E-state index < -0.39 is 72.3 Å². The molecule has 1 aromatic rings. The summed E-state index contributed by atoms with van der Waals surface area (Å²) in [5, 5.41) is 34.5. The molecular formula is C19H29N7O9. The van der Waals surface area contributed by atoms with Crippen LogP contribution in [0, 0.1) is 0 Å². The van der Waals surface area contributed by atoms with Gasteiger partial charge in [-0.25, -0.2) is 9.78 Å². The lowest BCUT2D eigenvalue weighted by Gasteiger charge is -2.24. The third-order valence-electron chi connectivity index (χ3n) is 4.74.